The molecular weight excluding hydrogens is 178 g/mol. The van der Waals surface area contributed by atoms with Crippen LogP contribution in [0.4, 0.5) is 0 Å². The number of benzene rings is 1. The van der Waals surface area contributed by atoms with Gasteiger partial charge in [0.15, 0.2) is 0 Å². The summed E-state index contributed by atoms with van der Waals surface area (Å²) in [6.45, 7) is 2.40. The largest absolute Gasteiger partial charge is 0.492 e. The van der Waals surface area contributed by atoms with E-state index < -0.39 is 0 Å². The Morgan fingerprint density at radius 1 is 1.50 bits per heavy atom. The van der Waals surface area contributed by atoms with E-state index in [2.05, 4.69) is 0 Å². The summed E-state index contributed by atoms with van der Waals surface area (Å²) in [4.78, 5) is 0. The van der Waals surface area contributed by atoms with Gasteiger partial charge in [-0.3, -0.25) is 0 Å². The van der Waals surface area contributed by atoms with Crippen LogP contribution in [0.1, 0.15) is 12.5 Å². The molecule has 0 aromatic heterocycles. The predicted molar refractivity (Wildman–Crippen MR) is 52.9 cm³/mol. The minimum atomic E-state index is 0.0850. The van der Waals surface area contributed by atoms with Crippen molar-refractivity contribution >= 4 is 0 Å². The van der Waals surface area contributed by atoms with E-state index in [-0.39, 0.29) is 12.5 Å². The third kappa shape index (κ3) is 2.75. The number of rotatable bonds is 4. The first kappa shape index (κ1) is 10.6. The molecule has 0 bridgehead atoms. The van der Waals surface area contributed by atoms with Gasteiger partial charge in [0, 0.05) is 12.5 Å². The van der Waals surface area contributed by atoms with Gasteiger partial charge >= 0.3 is 0 Å². The van der Waals surface area contributed by atoms with Crippen LogP contribution >= 0.6 is 0 Å². The molecule has 0 fully saturated rings. The molecule has 0 heterocycles. The molecule has 0 amide bonds. The third-order valence-electron chi connectivity index (χ3n) is 1.84. The maximum Gasteiger partial charge on any atom is 0.137 e. The van der Waals surface area contributed by atoms with Crippen LogP contribution < -0.4 is 4.74 Å². The molecule has 1 aromatic rings. The monoisotopic (exact) mass is 191 g/mol. The topological polar surface area (TPSA) is 53.2 Å². The second kappa shape index (κ2) is 5.25. The van der Waals surface area contributed by atoms with Crippen molar-refractivity contribution in [3.63, 3.8) is 0 Å². The van der Waals surface area contributed by atoms with Crippen molar-refractivity contribution in [2.75, 3.05) is 13.2 Å². The molecule has 0 saturated heterocycles. The van der Waals surface area contributed by atoms with Gasteiger partial charge in [0.25, 0.3) is 0 Å². The summed E-state index contributed by atoms with van der Waals surface area (Å²) in [6, 6.07) is 9.12. The van der Waals surface area contributed by atoms with Crippen LogP contribution in [0, 0.1) is 17.2 Å². The Balaban J connectivity index is 2.63. The molecule has 3 nitrogen and oxygen atoms in total. The quantitative estimate of drug-likeness (QED) is 0.785. The van der Waals surface area contributed by atoms with Crippen LogP contribution in [0.15, 0.2) is 24.3 Å². The molecule has 3 heteroatoms. The molecule has 0 saturated carbocycles. The lowest BCUT2D eigenvalue weighted by Crippen LogP contribution is -2.12. The summed E-state index contributed by atoms with van der Waals surface area (Å²) < 4.78 is 5.40. The van der Waals surface area contributed by atoms with Gasteiger partial charge in [0.05, 0.1) is 12.2 Å². The lowest BCUT2D eigenvalue weighted by atomic mass is 10.2. The minimum Gasteiger partial charge on any atom is -0.492 e. The van der Waals surface area contributed by atoms with Gasteiger partial charge in [0.2, 0.25) is 0 Å². The lowest BCUT2D eigenvalue weighted by Gasteiger charge is -2.10. The second-order valence-electron chi connectivity index (χ2n) is 3.21. The van der Waals surface area contributed by atoms with Crippen LogP contribution in [0.25, 0.3) is 0 Å². The molecule has 1 N–H and O–H groups in total. The van der Waals surface area contributed by atoms with Gasteiger partial charge in [-0.15, -0.1) is 0 Å². The molecule has 1 unspecified atom stereocenters. The van der Waals surface area contributed by atoms with Crippen molar-refractivity contribution in [2.24, 2.45) is 5.92 Å². The van der Waals surface area contributed by atoms with Crippen LogP contribution in [-0.2, 0) is 0 Å². The third-order valence-corrected chi connectivity index (χ3v) is 1.84. The van der Waals surface area contributed by atoms with E-state index in [9.17, 15) is 0 Å². The van der Waals surface area contributed by atoms with Crippen molar-refractivity contribution in [1.82, 2.24) is 0 Å². The fourth-order valence-corrected chi connectivity index (χ4v) is 0.970. The molecular formula is C11H13NO2. The summed E-state index contributed by atoms with van der Waals surface area (Å²) in [6.07, 6.45) is 0. The van der Waals surface area contributed by atoms with Gasteiger partial charge in [-0.1, -0.05) is 19.1 Å². The molecule has 0 radical (unpaired) electrons. The number of para-hydroxylation sites is 1. The van der Waals surface area contributed by atoms with Crippen LogP contribution in [0.3, 0.4) is 0 Å². The summed E-state index contributed by atoms with van der Waals surface area (Å²) in [5, 5.41) is 17.6. The Bertz CT molecular complexity index is 330. The fraction of sp³-hybridized carbons (Fsp3) is 0.364. The maximum atomic E-state index is 8.79. The van der Waals surface area contributed by atoms with Crippen molar-refractivity contribution in [3.05, 3.63) is 29.8 Å². The van der Waals surface area contributed by atoms with E-state index in [1.807, 2.05) is 19.1 Å². The number of hydrogen-bond donors (Lipinski definition) is 1. The number of aliphatic hydroxyl groups excluding tert-OH is 1. The average Bonchev–Trinajstić information content (AvgIpc) is 2.26. The number of hydrogen-bond acceptors (Lipinski definition) is 3. The Morgan fingerprint density at radius 2 is 2.21 bits per heavy atom. The zero-order valence-corrected chi connectivity index (χ0v) is 8.10. The van der Waals surface area contributed by atoms with Crippen LogP contribution in [0.2, 0.25) is 0 Å². The number of ether oxygens (including phenoxy) is 1. The van der Waals surface area contributed by atoms with E-state index in [0.717, 1.165) is 0 Å². The molecule has 1 rings (SSSR count). The first-order valence-corrected chi connectivity index (χ1v) is 4.50. The standard InChI is InChI=1S/C11H13NO2/c1-9(7-13)8-14-11-5-3-2-4-10(11)6-12/h2-5,9,13H,7-8H2,1H3. The molecule has 0 aliphatic rings. The summed E-state index contributed by atoms with van der Waals surface area (Å²) in [5.41, 5.74) is 0.526. The average molecular weight is 191 g/mol. The Hall–Kier alpha value is -1.53. The van der Waals surface area contributed by atoms with Crippen molar-refractivity contribution in [1.29, 1.82) is 5.26 Å². The van der Waals surface area contributed by atoms with Crippen molar-refractivity contribution in [2.45, 2.75) is 6.92 Å². The lowest BCUT2D eigenvalue weighted by molar-refractivity contribution is 0.174. The van der Waals surface area contributed by atoms with E-state index >= 15 is 0 Å². The van der Waals surface area contributed by atoms with Crippen LogP contribution in [-0.4, -0.2) is 18.3 Å². The highest BCUT2D eigenvalue weighted by Crippen LogP contribution is 2.17. The van der Waals surface area contributed by atoms with Gasteiger partial charge in [-0.2, -0.15) is 5.26 Å². The number of aliphatic hydroxyl groups is 1. The van der Waals surface area contributed by atoms with E-state index in [0.29, 0.717) is 17.9 Å². The molecule has 0 aliphatic heterocycles. The molecule has 0 spiro atoms. The molecule has 14 heavy (non-hydrogen) atoms. The summed E-state index contributed by atoms with van der Waals surface area (Å²) >= 11 is 0. The number of nitriles is 1. The van der Waals surface area contributed by atoms with Gasteiger partial charge in [0.1, 0.15) is 11.8 Å². The fourth-order valence-electron chi connectivity index (χ4n) is 0.970. The first-order valence-electron chi connectivity index (χ1n) is 4.50. The van der Waals surface area contributed by atoms with Crippen molar-refractivity contribution < 1.29 is 9.84 Å². The van der Waals surface area contributed by atoms with E-state index in [1.54, 1.807) is 18.2 Å². The Morgan fingerprint density at radius 3 is 2.86 bits per heavy atom. The van der Waals surface area contributed by atoms with Gasteiger partial charge in [-0.05, 0) is 12.1 Å². The minimum absolute atomic E-state index is 0.0850. The second-order valence-corrected chi connectivity index (χ2v) is 3.21. The Kier molecular flexibility index (Phi) is 3.96. The summed E-state index contributed by atoms with van der Waals surface area (Å²) in [7, 11) is 0. The zero-order valence-electron chi connectivity index (χ0n) is 8.10. The highest BCUT2D eigenvalue weighted by molar-refractivity contribution is 5.42. The van der Waals surface area contributed by atoms with Gasteiger partial charge in [-0.25, -0.2) is 0 Å². The zero-order chi connectivity index (χ0) is 10.4. The van der Waals surface area contributed by atoms with Crippen molar-refractivity contribution in [3.8, 4) is 11.8 Å². The van der Waals surface area contributed by atoms with E-state index in [1.165, 1.54) is 0 Å². The number of nitrogens with zero attached hydrogens (tertiary/aromatic N) is 1. The molecule has 0 aliphatic carbocycles. The molecule has 1 atom stereocenters. The van der Waals surface area contributed by atoms with Crippen LogP contribution in [0.5, 0.6) is 5.75 Å². The maximum absolute atomic E-state index is 8.79. The highest BCUT2D eigenvalue weighted by atomic mass is 16.5. The summed E-state index contributed by atoms with van der Waals surface area (Å²) in [5.74, 6) is 0.664. The normalized spacial score (nSPS) is 11.8. The highest BCUT2D eigenvalue weighted by Gasteiger charge is 2.04. The molecule has 1 aromatic carbocycles. The smallest absolute Gasteiger partial charge is 0.137 e. The van der Waals surface area contributed by atoms with E-state index in [4.69, 9.17) is 15.1 Å². The molecule has 74 valence electrons. The van der Waals surface area contributed by atoms with Gasteiger partial charge < -0.3 is 9.84 Å². The Labute approximate surface area is 83.6 Å². The SMILES string of the molecule is CC(CO)COc1ccccc1C#N. The predicted octanol–water partition coefficient (Wildman–Crippen LogP) is 1.57. The first-order chi connectivity index (χ1) is 6.77.